The van der Waals surface area contributed by atoms with Gasteiger partial charge in [-0.2, -0.15) is 0 Å². The maximum atomic E-state index is 12.5. The van der Waals surface area contributed by atoms with Crippen LogP contribution in [0.4, 0.5) is 5.69 Å². The second-order valence-corrected chi connectivity index (χ2v) is 5.68. The molecule has 0 bridgehead atoms. The molecule has 5 nitrogen and oxygen atoms in total. The summed E-state index contributed by atoms with van der Waals surface area (Å²) in [5, 5.41) is 3.11. The van der Waals surface area contributed by atoms with Crippen LogP contribution in [-0.2, 0) is 0 Å². The lowest BCUT2D eigenvalue weighted by Crippen LogP contribution is -2.47. The minimum absolute atomic E-state index is 0.104. The van der Waals surface area contributed by atoms with E-state index in [-0.39, 0.29) is 11.9 Å². The third kappa shape index (κ3) is 3.67. The number of ether oxygens (including phenoxy) is 1. The highest BCUT2D eigenvalue weighted by Crippen LogP contribution is 2.27. The summed E-state index contributed by atoms with van der Waals surface area (Å²) < 4.78 is 5.52. The number of nitrogens with two attached hydrogens (primary N) is 1. The number of amides is 1. The van der Waals surface area contributed by atoms with Crippen LogP contribution < -0.4 is 15.8 Å². The fraction of sp³-hybridized carbons (Fsp3) is 0.562. The van der Waals surface area contributed by atoms with Gasteiger partial charge in [0.1, 0.15) is 0 Å². The second kappa shape index (κ2) is 6.80. The Labute approximate surface area is 126 Å². The van der Waals surface area contributed by atoms with Crippen molar-refractivity contribution < 1.29 is 9.53 Å². The highest BCUT2D eigenvalue weighted by Gasteiger charge is 2.25. The highest BCUT2D eigenvalue weighted by atomic mass is 16.5. The molecule has 2 atom stereocenters. The van der Waals surface area contributed by atoms with Gasteiger partial charge >= 0.3 is 0 Å². The molecule has 1 aliphatic heterocycles. The van der Waals surface area contributed by atoms with Crippen molar-refractivity contribution in [2.75, 3.05) is 25.9 Å². The van der Waals surface area contributed by atoms with Gasteiger partial charge in [-0.15, -0.1) is 0 Å². The number of hydrogen-bond donors (Lipinski definition) is 2. The average molecular weight is 291 g/mol. The summed E-state index contributed by atoms with van der Waals surface area (Å²) in [7, 11) is 2.12. The molecule has 0 saturated carbocycles. The molecule has 1 aromatic rings. The summed E-state index contributed by atoms with van der Waals surface area (Å²) >= 11 is 0. The van der Waals surface area contributed by atoms with Crippen LogP contribution in [0.1, 0.15) is 37.0 Å². The number of rotatable bonds is 4. The van der Waals surface area contributed by atoms with Crippen molar-refractivity contribution in [3.8, 4) is 5.75 Å². The number of nitrogens with one attached hydrogen (secondary N) is 1. The molecule has 0 spiro atoms. The molecule has 1 saturated heterocycles. The number of carbonyl (C=O) groups excluding carboxylic acids is 1. The zero-order valence-corrected chi connectivity index (χ0v) is 13.1. The Morgan fingerprint density at radius 3 is 2.95 bits per heavy atom. The van der Waals surface area contributed by atoms with Crippen LogP contribution in [0, 0.1) is 0 Å². The molecule has 2 unspecified atom stereocenters. The first-order chi connectivity index (χ1) is 10.0. The van der Waals surface area contributed by atoms with Gasteiger partial charge in [-0.1, -0.05) is 6.07 Å². The Hall–Kier alpha value is -1.75. The molecular weight excluding hydrogens is 266 g/mol. The van der Waals surface area contributed by atoms with E-state index in [9.17, 15) is 4.79 Å². The van der Waals surface area contributed by atoms with Crippen LogP contribution in [0.2, 0.25) is 0 Å². The maximum Gasteiger partial charge on any atom is 0.255 e. The first kappa shape index (κ1) is 15.6. The Morgan fingerprint density at radius 2 is 2.29 bits per heavy atom. The van der Waals surface area contributed by atoms with Gasteiger partial charge in [-0.3, -0.25) is 4.79 Å². The van der Waals surface area contributed by atoms with Gasteiger partial charge in [0.15, 0.2) is 5.75 Å². The van der Waals surface area contributed by atoms with Gasteiger partial charge in [0.05, 0.1) is 17.9 Å². The minimum atomic E-state index is -0.104. The zero-order valence-electron chi connectivity index (χ0n) is 13.1. The Balaban J connectivity index is 2.08. The van der Waals surface area contributed by atoms with Crippen LogP contribution in [0.3, 0.4) is 0 Å². The molecule has 0 radical (unpaired) electrons. The largest absolute Gasteiger partial charge is 0.491 e. The molecule has 1 aromatic carbocycles. The Bertz CT molecular complexity index is 504. The number of nitrogens with zero attached hydrogens (tertiary/aromatic N) is 1. The normalized spacial score (nSPS) is 22.8. The minimum Gasteiger partial charge on any atom is -0.491 e. The lowest BCUT2D eigenvalue weighted by molar-refractivity contribution is 0.0893. The van der Waals surface area contributed by atoms with Crippen LogP contribution in [-0.4, -0.2) is 43.1 Å². The third-order valence-corrected chi connectivity index (χ3v) is 4.12. The number of carbonyl (C=O) groups is 1. The van der Waals surface area contributed by atoms with E-state index in [2.05, 4.69) is 24.2 Å². The molecule has 2 rings (SSSR count). The van der Waals surface area contributed by atoms with Crippen LogP contribution in [0.25, 0.3) is 0 Å². The molecule has 1 heterocycles. The van der Waals surface area contributed by atoms with E-state index in [1.165, 1.54) is 0 Å². The smallest absolute Gasteiger partial charge is 0.255 e. The average Bonchev–Trinajstić information content (AvgIpc) is 2.45. The van der Waals surface area contributed by atoms with Crippen molar-refractivity contribution in [2.45, 2.75) is 38.8 Å². The molecule has 1 aliphatic rings. The van der Waals surface area contributed by atoms with E-state index >= 15 is 0 Å². The number of hydrogen-bond acceptors (Lipinski definition) is 4. The second-order valence-electron chi connectivity index (χ2n) is 5.68. The van der Waals surface area contributed by atoms with E-state index in [4.69, 9.17) is 10.5 Å². The van der Waals surface area contributed by atoms with Crippen LogP contribution in [0.5, 0.6) is 5.75 Å². The number of piperidine rings is 1. The molecule has 0 aromatic heterocycles. The van der Waals surface area contributed by atoms with E-state index < -0.39 is 0 Å². The Kier molecular flexibility index (Phi) is 5.07. The van der Waals surface area contributed by atoms with Gasteiger partial charge in [0.25, 0.3) is 5.91 Å². The fourth-order valence-electron chi connectivity index (χ4n) is 2.72. The lowest BCUT2D eigenvalue weighted by atomic mass is 9.98. The van der Waals surface area contributed by atoms with Crippen LogP contribution >= 0.6 is 0 Å². The van der Waals surface area contributed by atoms with Gasteiger partial charge in [-0.25, -0.2) is 0 Å². The lowest BCUT2D eigenvalue weighted by Gasteiger charge is -2.35. The first-order valence-corrected chi connectivity index (χ1v) is 7.55. The summed E-state index contributed by atoms with van der Waals surface area (Å²) in [6.07, 6.45) is 1.94. The summed E-state index contributed by atoms with van der Waals surface area (Å²) in [4.78, 5) is 14.8. The van der Waals surface area contributed by atoms with Crippen molar-refractivity contribution in [2.24, 2.45) is 0 Å². The molecule has 5 heteroatoms. The first-order valence-electron chi connectivity index (χ1n) is 7.55. The molecular formula is C16H25N3O2. The van der Waals surface area contributed by atoms with E-state index in [1.54, 1.807) is 18.2 Å². The van der Waals surface area contributed by atoms with E-state index in [0.29, 0.717) is 29.6 Å². The van der Waals surface area contributed by atoms with Crippen molar-refractivity contribution >= 4 is 11.6 Å². The fourth-order valence-corrected chi connectivity index (χ4v) is 2.72. The maximum absolute atomic E-state index is 12.5. The van der Waals surface area contributed by atoms with Gasteiger partial charge in [-0.05, 0) is 45.9 Å². The highest BCUT2D eigenvalue weighted by molar-refractivity contribution is 5.98. The van der Waals surface area contributed by atoms with E-state index in [0.717, 1.165) is 19.4 Å². The third-order valence-electron chi connectivity index (χ3n) is 4.12. The van der Waals surface area contributed by atoms with Crippen molar-refractivity contribution in [1.29, 1.82) is 0 Å². The number of anilines is 1. The number of nitrogen functional groups attached to an aromatic ring is 1. The summed E-state index contributed by atoms with van der Waals surface area (Å²) in [5.74, 6) is 0.381. The van der Waals surface area contributed by atoms with Gasteiger partial charge in [0.2, 0.25) is 0 Å². The molecule has 116 valence electrons. The predicted octanol–water partition coefficient (Wildman–Crippen LogP) is 1.88. The molecule has 0 aliphatic carbocycles. The molecule has 3 N–H and O–H groups in total. The van der Waals surface area contributed by atoms with Crippen molar-refractivity contribution in [3.05, 3.63) is 23.8 Å². The summed E-state index contributed by atoms with van der Waals surface area (Å²) in [6.45, 7) is 5.55. The van der Waals surface area contributed by atoms with Crippen LogP contribution in [0.15, 0.2) is 18.2 Å². The van der Waals surface area contributed by atoms with Gasteiger partial charge < -0.3 is 20.7 Å². The van der Waals surface area contributed by atoms with Gasteiger partial charge in [0, 0.05) is 18.6 Å². The van der Waals surface area contributed by atoms with Crippen molar-refractivity contribution in [1.82, 2.24) is 10.2 Å². The summed E-state index contributed by atoms with van der Waals surface area (Å²) in [6, 6.07) is 5.98. The monoisotopic (exact) mass is 291 g/mol. The molecule has 21 heavy (non-hydrogen) atoms. The number of likely N-dealkylation sites (tertiary alicyclic amines) is 1. The number of para-hydroxylation sites is 1. The molecule has 1 fully saturated rings. The standard InChI is InChI=1S/C16H25N3O2/c1-4-21-15-13(6-5-7-14(15)17)16(20)18-12-8-9-19(3)11(2)10-12/h5-7,11-12H,4,8-10,17H2,1-3H3,(H,18,20). The quantitative estimate of drug-likeness (QED) is 0.831. The number of benzene rings is 1. The zero-order chi connectivity index (χ0) is 15.4. The topological polar surface area (TPSA) is 67.6 Å². The Morgan fingerprint density at radius 1 is 1.52 bits per heavy atom. The predicted molar refractivity (Wildman–Crippen MR) is 84.6 cm³/mol. The summed E-state index contributed by atoms with van der Waals surface area (Å²) in [5.41, 5.74) is 6.93. The SMILES string of the molecule is CCOc1c(N)cccc1C(=O)NC1CCN(C)C(C)C1. The molecule has 1 amide bonds. The van der Waals surface area contributed by atoms with E-state index in [1.807, 2.05) is 6.92 Å². The van der Waals surface area contributed by atoms with Crippen molar-refractivity contribution in [3.63, 3.8) is 0 Å².